The maximum absolute atomic E-state index is 12.4. The van der Waals surface area contributed by atoms with Crippen LogP contribution in [0.1, 0.15) is 35.3 Å². The van der Waals surface area contributed by atoms with E-state index in [2.05, 4.69) is 15.6 Å². The van der Waals surface area contributed by atoms with Gasteiger partial charge in [0.25, 0.3) is 5.91 Å². The number of anilines is 1. The fourth-order valence-corrected chi connectivity index (χ4v) is 2.07. The first-order valence-corrected chi connectivity index (χ1v) is 7.11. The molecule has 0 saturated carbocycles. The molecule has 0 fully saturated rings. The number of amides is 1. The van der Waals surface area contributed by atoms with Gasteiger partial charge in [0.15, 0.2) is 0 Å². The predicted molar refractivity (Wildman–Crippen MR) is 85.3 cm³/mol. The molecule has 21 heavy (non-hydrogen) atoms. The van der Waals surface area contributed by atoms with Crippen LogP contribution in [0.25, 0.3) is 0 Å². The molecule has 0 aliphatic heterocycles. The van der Waals surface area contributed by atoms with Gasteiger partial charge in [0.2, 0.25) is 0 Å². The molecule has 0 spiro atoms. The minimum atomic E-state index is -0.0815. The number of hydrogen-bond donors (Lipinski definition) is 2. The van der Waals surface area contributed by atoms with Crippen LogP contribution in [-0.4, -0.2) is 16.9 Å². The summed E-state index contributed by atoms with van der Waals surface area (Å²) < 4.78 is 0. The van der Waals surface area contributed by atoms with Crippen molar-refractivity contribution in [3.05, 3.63) is 59.4 Å². The molecule has 1 aromatic heterocycles. The van der Waals surface area contributed by atoms with E-state index in [9.17, 15) is 4.79 Å². The van der Waals surface area contributed by atoms with Crippen LogP contribution in [-0.2, 0) is 6.54 Å². The molecule has 1 amide bonds. The van der Waals surface area contributed by atoms with Crippen LogP contribution >= 0.6 is 0 Å². The molecule has 4 heteroatoms. The van der Waals surface area contributed by atoms with E-state index in [0.717, 1.165) is 16.8 Å². The van der Waals surface area contributed by atoms with Gasteiger partial charge in [-0.05, 0) is 50.1 Å². The fraction of sp³-hybridized carbons (Fsp3) is 0.294. The van der Waals surface area contributed by atoms with Crippen molar-refractivity contribution in [2.24, 2.45) is 0 Å². The lowest BCUT2D eigenvalue weighted by Crippen LogP contribution is -2.25. The van der Waals surface area contributed by atoms with Gasteiger partial charge in [-0.2, -0.15) is 0 Å². The standard InChI is InChI=1S/C17H21N3O/c1-12(2)20-16-7-5-4-6-15(16)17(21)19-11-14-10-18-9-8-13(14)3/h4-10,12,20H,11H2,1-3H3,(H,19,21). The largest absolute Gasteiger partial charge is 0.382 e. The molecule has 0 saturated heterocycles. The maximum atomic E-state index is 12.4. The highest BCUT2D eigenvalue weighted by Gasteiger charge is 2.11. The number of aryl methyl sites for hydroxylation is 1. The molecule has 0 atom stereocenters. The van der Waals surface area contributed by atoms with Gasteiger partial charge in [-0.25, -0.2) is 0 Å². The number of carbonyl (C=O) groups is 1. The van der Waals surface area contributed by atoms with Crippen LogP contribution in [0.5, 0.6) is 0 Å². The number of pyridine rings is 1. The zero-order chi connectivity index (χ0) is 15.2. The minimum Gasteiger partial charge on any atom is -0.382 e. The van der Waals surface area contributed by atoms with Crippen molar-refractivity contribution in [3.8, 4) is 0 Å². The van der Waals surface area contributed by atoms with Crippen LogP contribution in [0, 0.1) is 6.92 Å². The lowest BCUT2D eigenvalue weighted by Gasteiger charge is -2.14. The zero-order valence-corrected chi connectivity index (χ0v) is 12.7. The average Bonchev–Trinajstić information content (AvgIpc) is 2.46. The summed E-state index contributed by atoms with van der Waals surface area (Å²) in [4.78, 5) is 16.4. The number of hydrogen-bond acceptors (Lipinski definition) is 3. The highest BCUT2D eigenvalue weighted by atomic mass is 16.1. The van der Waals surface area contributed by atoms with Gasteiger partial charge in [-0.3, -0.25) is 9.78 Å². The number of para-hydroxylation sites is 1. The summed E-state index contributed by atoms with van der Waals surface area (Å²) in [6, 6.07) is 9.76. The molecule has 4 nitrogen and oxygen atoms in total. The normalized spacial score (nSPS) is 10.5. The highest BCUT2D eigenvalue weighted by Crippen LogP contribution is 2.16. The Balaban J connectivity index is 2.09. The van der Waals surface area contributed by atoms with E-state index < -0.39 is 0 Å². The summed E-state index contributed by atoms with van der Waals surface area (Å²) in [5, 5.41) is 6.24. The van der Waals surface area contributed by atoms with Gasteiger partial charge in [-0.15, -0.1) is 0 Å². The lowest BCUT2D eigenvalue weighted by molar-refractivity contribution is 0.0951. The second-order valence-corrected chi connectivity index (χ2v) is 5.33. The van der Waals surface area contributed by atoms with Crippen molar-refractivity contribution in [2.75, 3.05) is 5.32 Å². The van der Waals surface area contributed by atoms with Gasteiger partial charge in [-0.1, -0.05) is 12.1 Å². The van der Waals surface area contributed by atoms with Crippen molar-refractivity contribution in [1.82, 2.24) is 10.3 Å². The Morgan fingerprint density at radius 3 is 2.71 bits per heavy atom. The predicted octanol–water partition coefficient (Wildman–Crippen LogP) is 3.14. The number of nitrogens with one attached hydrogen (secondary N) is 2. The number of carbonyl (C=O) groups excluding carboxylic acids is 1. The zero-order valence-electron chi connectivity index (χ0n) is 12.7. The van der Waals surface area contributed by atoms with Crippen LogP contribution in [0.2, 0.25) is 0 Å². The Morgan fingerprint density at radius 1 is 1.24 bits per heavy atom. The van der Waals surface area contributed by atoms with E-state index in [4.69, 9.17) is 0 Å². The molecule has 0 aliphatic rings. The van der Waals surface area contributed by atoms with Gasteiger partial charge >= 0.3 is 0 Å². The summed E-state index contributed by atoms with van der Waals surface area (Å²) in [6.07, 6.45) is 3.54. The lowest BCUT2D eigenvalue weighted by atomic mass is 10.1. The van der Waals surface area contributed by atoms with Crippen molar-refractivity contribution < 1.29 is 4.79 Å². The van der Waals surface area contributed by atoms with E-state index in [0.29, 0.717) is 12.1 Å². The Bertz CT molecular complexity index is 623. The number of aromatic nitrogens is 1. The van der Waals surface area contributed by atoms with Crippen molar-refractivity contribution in [1.29, 1.82) is 0 Å². The van der Waals surface area contributed by atoms with E-state index in [1.54, 1.807) is 12.4 Å². The summed E-state index contributed by atoms with van der Waals surface area (Å²) in [5.41, 5.74) is 3.67. The molecule has 1 aromatic carbocycles. The smallest absolute Gasteiger partial charge is 0.253 e. The Kier molecular flexibility index (Phi) is 4.93. The van der Waals surface area contributed by atoms with Crippen LogP contribution in [0.4, 0.5) is 5.69 Å². The second kappa shape index (κ2) is 6.88. The SMILES string of the molecule is Cc1ccncc1CNC(=O)c1ccccc1NC(C)C. The molecule has 0 unspecified atom stereocenters. The van der Waals surface area contributed by atoms with Crippen molar-refractivity contribution in [3.63, 3.8) is 0 Å². The van der Waals surface area contributed by atoms with E-state index in [1.807, 2.05) is 51.1 Å². The topological polar surface area (TPSA) is 54.0 Å². The molecule has 2 N–H and O–H groups in total. The molecule has 110 valence electrons. The molecule has 0 aliphatic carbocycles. The molecule has 2 rings (SSSR count). The first-order chi connectivity index (χ1) is 10.1. The Hall–Kier alpha value is -2.36. The first kappa shape index (κ1) is 15.0. The number of rotatable bonds is 5. The van der Waals surface area contributed by atoms with E-state index >= 15 is 0 Å². The molecular formula is C17H21N3O. The van der Waals surface area contributed by atoms with Crippen LogP contribution < -0.4 is 10.6 Å². The maximum Gasteiger partial charge on any atom is 0.253 e. The van der Waals surface area contributed by atoms with Crippen LogP contribution in [0.3, 0.4) is 0 Å². The minimum absolute atomic E-state index is 0.0815. The third-order valence-corrected chi connectivity index (χ3v) is 3.20. The fourth-order valence-electron chi connectivity index (χ4n) is 2.07. The molecular weight excluding hydrogens is 262 g/mol. The average molecular weight is 283 g/mol. The summed E-state index contributed by atoms with van der Waals surface area (Å²) in [7, 11) is 0. The van der Waals surface area contributed by atoms with Gasteiger partial charge in [0, 0.05) is 30.7 Å². The third-order valence-electron chi connectivity index (χ3n) is 3.20. The summed E-state index contributed by atoms with van der Waals surface area (Å²) >= 11 is 0. The van der Waals surface area contributed by atoms with Crippen molar-refractivity contribution >= 4 is 11.6 Å². The van der Waals surface area contributed by atoms with Gasteiger partial charge < -0.3 is 10.6 Å². The Morgan fingerprint density at radius 2 is 2.00 bits per heavy atom. The quantitative estimate of drug-likeness (QED) is 0.886. The highest BCUT2D eigenvalue weighted by molar-refractivity contribution is 5.99. The summed E-state index contributed by atoms with van der Waals surface area (Å²) in [5.74, 6) is -0.0815. The second-order valence-electron chi connectivity index (χ2n) is 5.33. The molecule has 1 heterocycles. The molecule has 0 bridgehead atoms. The Labute approximate surface area is 125 Å². The van der Waals surface area contributed by atoms with Gasteiger partial charge in [0.05, 0.1) is 5.56 Å². The summed E-state index contributed by atoms with van der Waals surface area (Å²) in [6.45, 7) is 6.59. The molecule has 2 aromatic rings. The first-order valence-electron chi connectivity index (χ1n) is 7.11. The third kappa shape index (κ3) is 4.05. The van der Waals surface area contributed by atoms with Gasteiger partial charge in [0.1, 0.15) is 0 Å². The number of benzene rings is 1. The molecule has 0 radical (unpaired) electrons. The van der Waals surface area contributed by atoms with Crippen LogP contribution in [0.15, 0.2) is 42.7 Å². The number of nitrogens with zero attached hydrogens (tertiary/aromatic N) is 1. The van der Waals surface area contributed by atoms with Crippen molar-refractivity contribution in [2.45, 2.75) is 33.4 Å². The monoisotopic (exact) mass is 283 g/mol. The van der Waals surface area contributed by atoms with E-state index in [-0.39, 0.29) is 11.9 Å². The van der Waals surface area contributed by atoms with E-state index in [1.165, 1.54) is 0 Å².